The fourth-order valence-corrected chi connectivity index (χ4v) is 25.6. The maximum Gasteiger partial charge on any atom is 0.235 e. The van der Waals surface area contributed by atoms with E-state index in [1.807, 2.05) is 0 Å². The molecular weight excluding hydrogens is 1110 g/mol. The molecule has 2 atom stereocenters. The summed E-state index contributed by atoms with van der Waals surface area (Å²) in [6.45, 7) is 0. The Morgan fingerprint density at radius 2 is 0.674 bits per heavy atom. The van der Waals surface area contributed by atoms with Crippen LogP contribution in [0.5, 0.6) is 0 Å². The van der Waals surface area contributed by atoms with E-state index in [9.17, 15) is 0 Å². The lowest BCUT2D eigenvalue weighted by atomic mass is 9.60. The minimum atomic E-state index is -3.01. The molecule has 3 aliphatic carbocycles. The second kappa shape index (κ2) is 21.5. The zero-order valence-electron chi connectivity index (χ0n) is 48.9. The monoisotopic (exact) mass is 1170 g/mol. The first-order valence-electron chi connectivity index (χ1n) is 31.0. The van der Waals surface area contributed by atoms with Crippen LogP contribution in [0, 0.1) is 0 Å². The number of hydrogen-bond donors (Lipinski definition) is 0. The van der Waals surface area contributed by atoms with Gasteiger partial charge in [-0.1, -0.05) is 328 Å². The Bertz CT molecular complexity index is 4940. The molecule has 0 radical (unpaired) electrons. The topological polar surface area (TPSA) is 30.7 Å². The van der Waals surface area contributed by atoms with Crippen LogP contribution in [-0.2, 0) is 0 Å². The molecule has 13 aromatic carbocycles. The van der Waals surface area contributed by atoms with Gasteiger partial charge in [0.25, 0.3) is 0 Å². The van der Waals surface area contributed by atoms with Crippen LogP contribution in [0.15, 0.2) is 346 Å². The van der Waals surface area contributed by atoms with Gasteiger partial charge in [0.05, 0.1) is 22.4 Å². The van der Waals surface area contributed by atoms with Gasteiger partial charge >= 0.3 is 0 Å². The maximum absolute atomic E-state index is 5.87. The van der Waals surface area contributed by atoms with Gasteiger partial charge in [0.2, 0.25) is 5.95 Å². The summed E-state index contributed by atoms with van der Waals surface area (Å²) in [6, 6.07) is 129. The van der Waals surface area contributed by atoms with Crippen LogP contribution < -0.4 is 41.5 Å². The van der Waals surface area contributed by atoms with E-state index < -0.39 is 16.1 Å². The fourth-order valence-electron chi connectivity index (χ4n) is 15.8. The quantitative estimate of drug-likeness (QED) is 0.0902. The highest BCUT2D eigenvalue weighted by Gasteiger charge is 2.50. The predicted octanol–water partition coefficient (Wildman–Crippen LogP) is 14.3. The molecule has 0 spiro atoms. The SMILES string of the molecule is c1ccc(-c2cc(-c3ccccc3-c3cccc4c3C3c5ccccc5C4c4cccc([Si](c5ccccc5)(c5ccccc5)c5ccccc5)c43)nc(-n3c4ccccc4c4ccc([Si](c5ccccc5)(c5ccccc5)c5ccccc5)cc43)n2)cc1. The van der Waals surface area contributed by atoms with E-state index in [2.05, 4.69) is 350 Å². The van der Waals surface area contributed by atoms with Gasteiger partial charge in [0.15, 0.2) is 16.1 Å². The van der Waals surface area contributed by atoms with Crippen LogP contribution in [0.3, 0.4) is 0 Å². The Balaban J connectivity index is 0.905. The average Bonchev–Trinajstić information content (AvgIpc) is 1.37. The van der Waals surface area contributed by atoms with E-state index in [0.717, 1.165) is 49.9 Å². The first-order valence-corrected chi connectivity index (χ1v) is 35.0. The van der Waals surface area contributed by atoms with Crippen LogP contribution in [0.2, 0.25) is 0 Å². The summed E-state index contributed by atoms with van der Waals surface area (Å²) in [5, 5.41) is 13.1. The normalized spacial score (nSPS) is 14.1. The van der Waals surface area contributed by atoms with Crippen LogP contribution in [-0.4, -0.2) is 30.7 Å². The lowest BCUT2D eigenvalue weighted by Gasteiger charge is -2.47. The van der Waals surface area contributed by atoms with Gasteiger partial charge in [-0.15, -0.1) is 0 Å². The Kier molecular flexibility index (Phi) is 12.7. The molecule has 0 amide bonds. The van der Waals surface area contributed by atoms with Crippen LogP contribution in [0.25, 0.3) is 61.4 Å². The van der Waals surface area contributed by atoms with Crippen LogP contribution >= 0.6 is 0 Å². The minimum Gasteiger partial charge on any atom is -0.278 e. The first-order chi connectivity index (χ1) is 44.2. The van der Waals surface area contributed by atoms with Crippen molar-refractivity contribution in [2.45, 2.75) is 11.8 Å². The number of benzene rings is 13. The van der Waals surface area contributed by atoms with Crippen molar-refractivity contribution in [1.29, 1.82) is 0 Å². The van der Waals surface area contributed by atoms with Crippen LogP contribution in [0.1, 0.15) is 45.2 Å². The molecule has 0 saturated carbocycles. The molecule has 0 fully saturated rings. The van der Waals surface area contributed by atoms with Crippen molar-refractivity contribution in [2.24, 2.45) is 0 Å². The van der Waals surface area contributed by atoms with E-state index in [1.54, 1.807) is 0 Å². The van der Waals surface area contributed by atoms with E-state index >= 15 is 0 Å². The van der Waals surface area contributed by atoms with Gasteiger partial charge in [0, 0.05) is 33.7 Å². The molecule has 3 nitrogen and oxygen atoms in total. The van der Waals surface area contributed by atoms with Gasteiger partial charge < -0.3 is 0 Å². The van der Waals surface area contributed by atoms with E-state index in [1.165, 1.54) is 80.4 Å². The van der Waals surface area contributed by atoms with Crippen LogP contribution in [0.4, 0.5) is 0 Å². The zero-order valence-corrected chi connectivity index (χ0v) is 50.9. The van der Waals surface area contributed by atoms with Crippen molar-refractivity contribution in [2.75, 3.05) is 0 Å². The summed E-state index contributed by atoms with van der Waals surface area (Å²) < 4.78 is 2.34. The molecule has 2 unspecified atom stereocenters. The lowest BCUT2D eigenvalue weighted by Crippen LogP contribution is -2.75. The third-order valence-electron chi connectivity index (χ3n) is 19.3. The highest BCUT2D eigenvalue weighted by atomic mass is 28.3. The smallest absolute Gasteiger partial charge is 0.235 e. The van der Waals surface area contributed by atoms with Crippen molar-refractivity contribution in [3.63, 3.8) is 0 Å². The van der Waals surface area contributed by atoms with Crippen molar-refractivity contribution < 1.29 is 0 Å². The summed E-state index contributed by atoms with van der Waals surface area (Å²) in [5.74, 6) is 0.595. The molecule has 5 heteroatoms. The lowest BCUT2D eigenvalue weighted by molar-refractivity contribution is 0.760. The molecular formula is C84H59N3Si2. The highest BCUT2D eigenvalue weighted by molar-refractivity contribution is 7.20. The molecule has 2 heterocycles. The number of nitrogens with zero attached hydrogens (tertiary/aromatic N) is 3. The van der Waals surface area contributed by atoms with E-state index in [0.29, 0.717) is 5.95 Å². The van der Waals surface area contributed by atoms with Gasteiger partial charge in [-0.3, -0.25) is 4.57 Å². The predicted molar refractivity (Wildman–Crippen MR) is 375 cm³/mol. The Morgan fingerprint density at radius 3 is 1.25 bits per heavy atom. The van der Waals surface area contributed by atoms with Crippen molar-refractivity contribution in [3.8, 4) is 39.6 Å². The summed E-state index contributed by atoms with van der Waals surface area (Å²) in [6.07, 6.45) is 0. The molecule has 18 rings (SSSR count). The van der Waals surface area contributed by atoms with Crippen molar-refractivity contribution >= 4 is 79.4 Å². The number of fused-ring (bicyclic) bond motifs is 3. The minimum absolute atomic E-state index is 0.0327. The Hall–Kier alpha value is -10.8. The summed E-state index contributed by atoms with van der Waals surface area (Å²) in [5.41, 5.74) is 16.6. The number of hydrogen-bond acceptors (Lipinski definition) is 2. The van der Waals surface area contributed by atoms with Crippen molar-refractivity contribution in [1.82, 2.24) is 14.5 Å². The molecule has 89 heavy (non-hydrogen) atoms. The highest BCUT2D eigenvalue weighted by Crippen LogP contribution is 2.58. The summed E-state index contributed by atoms with van der Waals surface area (Å²) in [4.78, 5) is 11.5. The average molecular weight is 1170 g/mol. The second-order valence-corrected chi connectivity index (χ2v) is 31.3. The van der Waals surface area contributed by atoms with Gasteiger partial charge in [0.1, 0.15) is 0 Å². The Morgan fingerprint density at radius 1 is 0.258 bits per heavy atom. The number of rotatable bonds is 12. The van der Waals surface area contributed by atoms with E-state index in [-0.39, 0.29) is 11.8 Å². The first kappa shape index (κ1) is 52.5. The second-order valence-electron chi connectivity index (χ2n) is 23.7. The standard InChI is InChI=1S/C84H59N3Si2/c1-8-30-58(31-9-1)75-57-76(86-84(85-75)87-77-52-27-26-46-68(77)69-55-54-65(56-78(69)87)88(59-32-10-2-11-33-59,60-34-12-3-13-35-60)61-36-14-4-15-37-61)67-45-23-22-44-66(67)70-49-28-50-73-80-71-47-24-25-48-72(71)83(81(70)73)82-74(80)51-29-53-79(82)89(62-38-16-5-17-39-62,63-40-18-6-19-41-63)64-42-20-7-21-43-64/h1-57,80,83H. The van der Waals surface area contributed by atoms with Gasteiger partial charge in [-0.05, 0) is 104 Å². The fraction of sp³-hybridized carbons (Fsp3) is 0.0238. The molecule has 0 N–H and O–H groups in total. The molecule has 3 aliphatic rings. The van der Waals surface area contributed by atoms with Gasteiger partial charge in [-0.25, -0.2) is 9.97 Å². The number of para-hydroxylation sites is 1. The Labute approximate surface area is 521 Å². The van der Waals surface area contributed by atoms with Gasteiger partial charge in [-0.2, -0.15) is 0 Å². The summed E-state index contributed by atoms with van der Waals surface area (Å²) >= 11 is 0. The zero-order chi connectivity index (χ0) is 58.9. The van der Waals surface area contributed by atoms with Crippen molar-refractivity contribution in [3.05, 3.63) is 379 Å². The molecule has 15 aromatic rings. The van der Waals surface area contributed by atoms with E-state index in [4.69, 9.17) is 9.97 Å². The third-order valence-corrected chi connectivity index (χ3v) is 28.9. The molecule has 2 aromatic heterocycles. The molecule has 418 valence electrons. The maximum atomic E-state index is 5.87. The molecule has 0 aliphatic heterocycles. The third kappa shape index (κ3) is 8.16. The largest absolute Gasteiger partial charge is 0.278 e. The molecule has 2 bridgehead atoms. The summed E-state index contributed by atoms with van der Waals surface area (Å²) in [7, 11) is -5.96. The number of aromatic nitrogens is 3. The molecule has 0 saturated heterocycles.